The highest BCUT2D eigenvalue weighted by Crippen LogP contribution is 2.38. The summed E-state index contributed by atoms with van der Waals surface area (Å²) in [6.07, 6.45) is 3.29. The lowest BCUT2D eigenvalue weighted by molar-refractivity contribution is 0.482. The number of hydrogen-bond acceptors (Lipinski definition) is 2. The van der Waals surface area contributed by atoms with Gasteiger partial charge in [-0.25, -0.2) is 0 Å². The molecule has 0 fully saturated rings. The van der Waals surface area contributed by atoms with E-state index < -0.39 is 0 Å². The Hall–Kier alpha value is -2.35. The summed E-state index contributed by atoms with van der Waals surface area (Å²) in [7, 11) is 0. The van der Waals surface area contributed by atoms with Crippen molar-refractivity contribution in [3.05, 3.63) is 64.8 Å². The van der Waals surface area contributed by atoms with E-state index in [0.717, 1.165) is 35.2 Å². The Morgan fingerprint density at radius 1 is 0.955 bits per heavy atom. The van der Waals surface area contributed by atoms with Crippen LogP contribution in [0.3, 0.4) is 0 Å². The van der Waals surface area contributed by atoms with Gasteiger partial charge in [-0.15, -0.1) is 0 Å². The van der Waals surface area contributed by atoms with Gasteiger partial charge in [0.1, 0.15) is 11.5 Å². The van der Waals surface area contributed by atoms with Gasteiger partial charge in [0, 0.05) is 16.6 Å². The minimum atomic E-state index is 0.906. The summed E-state index contributed by atoms with van der Waals surface area (Å²) in [5, 5.41) is 1.13. The molecule has 110 valence electrons. The van der Waals surface area contributed by atoms with Crippen LogP contribution in [0, 0.1) is 13.8 Å². The van der Waals surface area contributed by atoms with Crippen molar-refractivity contribution in [2.24, 2.45) is 0 Å². The predicted molar refractivity (Wildman–Crippen MR) is 89.8 cm³/mol. The Morgan fingerprint density at radius 2 is 1.82 bits per heavy atom. The molecule has 1 aromatic heterocycles. The first-order chi connectivity index (χ1) is 10.7. The fourth-order valence-corrected chi connectivity index (χ4v) is 3.25. The largest absolute Gasteiger partial charge is 0.456 e. The number of pyridine rings is 1. The van der Waals surface area contributed by atoms with Gasteiger partial charge in [-0.1, -0.05) is 23.8 Å². The van der Waals surface area contributed by atoms with E-state index in [-0.39, 0.29) is 0 Å². The Bertz CT molecular complexity index is 867. The van der Waals surface area contributed by atoms with Gasteiger partial charge in [0.05, 0.1) is 5.52 Å². The minimum Gasteiger partial charge on any atom is -0.456 e. The average Bonchev–Trinajstić information content (AvgIpc) is 2.96. The van der Waals surface area contributed by atoms with Crippen molar-refractivity contribution in [1.82, 2.24) is 4.98 Å². The van der Waals surface area contributed by atoms with Gasteiger partial charge >= 0.3 is 0 Å². The highest BCUT2D eigenvalue weighted by Gasteiger charge is 2.21. The molecule has 1 heterocycles. The van der Waals surface area contributed by atoms with Crippen LogP contribution >= 0.6 is 0 Å². The van der Waals surface area contributed by atoms with Crippen molar-refractivity contribution < 1.29 is 4.74 Å². The Kier molecular flexibility index (Phi) is 3.11. The first-order valence-corrected chi connectivity index (χ1v) is 7.87. The first-order valence-electron chi connectivity index (χ1n) is 7.87. The summed E-state index contributed by atoms with van der Waals surface area (Å²) in [6, 6.07) is 14.6. The number of benzene rings is 2. The molecule has 2 aromatic carbocycles. The molecule has 0 radical (unpaired) electrons. The molecule has 2 heteroatoms. The van der Waals surface area contributed by atoms with Crippen molar-refractivity contribution in [2.75, 3.05) is 0 Å². The van der Waals surface area contributed by atoms with Crippen LogP contribution in [-0.2, 0) is 12.8 Å². The number of ether oxygens (including phenoxy) is 1. The fourth-order valence-electron chi connectivity index (χ4n) is 3.25. The van der Waals surface area contributed by atoms with Crippen molar-refractivity contribution >= 4 is 10.9 Å². The van der Waals surface area contributed by atoms with Crippen LogP contribution in [0.15, 0.2) is 42.5 Å². The monoisotopic (exact) mass is 289 g/mol. The molecule has 22 heavy (non-hydrogen) atoms. The zero-order chi connectivity index (χ0) is 15.1. The van der Waals surface area contributed by atoms with Crippen LogP contribution in [0.2, 0.25) is 0 Å². The molecule has 0 saturated carbocycles. The fraction of sp³-hybridized carbons (Fsp3) is 0.250. The van der Waals surface area contributed by atoms with Crippen LogP contribution in [0.1, 0.15) is 28.8 Å². The number of aryl methyl sites for hydroxylation is 3. The second kappa shape index (κ2) is 5.13. The third-order valence-corrected chi connectivity index (χ3v) is 4.32. The lowest BCUT2D eigenvalue weighted by atomic mass is 10.1. The zero-order valence-electron chi connectivity index (χ0n) is 13.0. The molecule has 0 spiro atoms. The molecule has 0 amide bonds. The molecule has 0 N–H and O–H groups in total. The van der Waals surface area contributed by atoms with Crippen molar-refractivity contribution in [3.8, 4) is 11.5 Å². The molecular weight excluding hydrogens is 270 g/mol. The zero-order valence-corrected chi connectivity index (χ0v) is 13.0. The molecule has 0 aliphatic heterocycles. The van der Waals surface area contributed by atoms with Gasteiger partial charge in [0.15, 0.2) is 0 Å². The lowest BCUT2D eigenvalue weighted by Gasteiger charge is -2.14. The molecular formula is C20H19NO. The summed E-state index contributed by atoms with van der Waals surface area (Å²) in [6.45, 7) is 4.20. The number of fused-ring (bicyclic) bond motifs is 2. The van der Waals surface area contributed by atoms with E-state index in [1.54, 1.807) is 0 Å². The highest BCUT2D eigenvalue weighted by molar-refractivity contribution is 5.88. The molecule has 0 unspecified atom stereocenters. The van der Waals surface area contributed by atoms with Gasteiger partial charge in [-0.2, -0.15) is 0 Å². The quantitative estimate of drug-likeness (QED) is 0.652. The third-order valence-electron chi connectivity index (χ3n) is 4.32. The SMILES string of the molecule is Cc1cccc(Oc2c3c(nc4ccc(C)cc24)CCC3)c1. The van der Waals surface area contributed by atoms with E-state index in [4.69, 9.17) is 9.72 Å². The number of hydrogen-bond donors (Lipinski definition) is 0. The van der Waals surface area contributed by atoms with E-state index in [1.165, 1.54) is 28.8 Å². The average molecular weight is 289 g/mol. The Morgan fingerprint density at radius 3 is 2.68 bits per heavy atom. The molecule has 0 atom stereocenters. The molecule has 1 aliphatic carbocycles. The molecule has 0 bridgehead atoms. The molecule has 0 saturated heterocycles. The Balaban J connectivity index is 1.92. The first kappa shape index (κ1) is 13.3. The van der Waals surface area contributed by atoms with Gasteiger partial charge < -0.3 is 4.74 Å². The predicted octanol–water partition coefficient (Wildman–Crippen LogP) is 5.13. The van der Waals surface area contributed by atoms with E-state index in [1.807, 2.05) is 12.1 Å². The third kappa shape index (κ3) is 2.25. The van der Waals surface area contributed by atoms with Gasteiger partial charge in [-0.05, 0) is 62.9 Å². The number of aromatic nitrogens is 1. The highest BCUT2D eigenvalue weighted by atomic mass is 16.5. The minimum absolute atomic E-state index is 0.906. The van der Waals surface area contributed by atoms with Crippen molar-refractivity contribution in [1.29, 1.82) is 0 Å². The summed E-state index contributed by atoms with van der Waals surface area (Å²) in [5.74, 6) is 1.91. The molecule has 2 nitrogen and oxygen atoms in total. The normalized spacial score (nSPS) is 13.4. The van der Waals surface area contributed by atoms with E-state index >= 15 is 0 Å². The van der Waals surface area contributed by atoms with Crippen LogP contribution in [-0.4, -0.2) is 4.98 Å². The number of rotatable bonds is 2. The van der Waals surface area contributed by atoms with Crippen LogP contribution in [0.25, 0.3) is 10.9 Å². The Labute approximate surface area is 130 Å². The maximum Gasteiger partial charge on any atom is 0.141 e. The summed E-state index contributed by atoms with van der Waals surface area (Å²) < 4.78 is 6.33. The topological polar surface area (TPSA) is 22.1 Å². The van der Waals surface area contributed by atoms with E-state index in [9.17, 15) is 0 Å². The van der Waals surface area contributed by atoms with Gasteiger partial charge in [-0.3, -0.25) is 4.98 Å². The summed E-state index contributed by atoms with van der Waals surface area (Å²) in [4.78, 5) is 4.84. The van der Waals surface area contributed by atoms with Crippen LogP contribution < -0.4 is 4.74 Å². The smallest absolute Gasteiger partial charge is 0.141 e. The standard InChI is InChI=1S/C20H19NO/c1-13-5-3-6-15(11-13)22-20-16-7-4-8-18(16)21-19-10-9-14(2)12-17(19)20/h3,5-6,9-12H,4,7-8H2,1-2H3. The molecule has 4 rings (SSSR count). The molecule has 1 aliphatic rings. The second-order valence-electron chi connectivity index (χ2n) is 6.16. The van der Waals surface area contributed by atoms with Gasteiger partial charge in [0.25, 0.3) is 0 Å². The summed E-state index contributed by atoms with van der Waals surface area (Å²) in [5.41, 5.74) is 5.98. The van der Waals surface area contributed by atoms with E-state index in [0.29, 0.717) is 0 Å². The number of nitrogens with zero attached hydrogens (tertiary/aromatic N) is 1. The molecule has 3 aromatic rings. The summed E-state index contributed by atoms with van der Waals surface area (Å²) >= 11 is 0. The maximum absolute atomic E-state index is 6.33. The second-order valence-corrected chi connectivity index (χ2v) is 6.16. The maximum atomic E-state index is 6.33. The van der Waals surface area contributed by atoms with Crippen LogP contribution in [0.5, 0.6) is 11.5 Å². The van der Waals surface area contributed by atoms with Gasteiger partial charge in [0.2, 0.25) is 0 Å². The van der Waals surface area contributed by atoms with E-state index in [2.05, 4.69) is 44.2 Å². The van der Waals surface area contributed by atoms with Crippen molar-refractivity contribution in [3.63, 3.8) is 0 Å². The van der Waals surface area contributed by atoms with Crippen molar-refractivity contribution in [2.45, 2.75) is 33.1 Å². The van der Waals surface area contributed by atoms with Crippen LogP contribution in [0.4, 0.5) is 0 Å². The lowest BCUT2D eigenvalue weighted by Crippen LogP contribution is -1.97.